The zero-order chi connectivity index (χ0) is 13.9. The number of piperazine rings is 1. The average Bonchev–Trinajstić information content (AvgIpc) is 2.27. The van der Waals surface area contributed by atoms with Crippen LogP contribution >= 0.6 is 0 Å². The highest BCUT2D eigenvalue weighted by Gasteiger charge is 2.34. The van der Waals surface area contributed by atoms with E-state index in [1.807, 2.05) is 0 Å². The Kier molecular flexibility index (Phi) is 4.73. The van der Waals surface area contributed by atoms with Crippen molar-refractivity contribution in [1.82, 2.24) is 10.2 Å². The summed E-state index contributed by atoms with van der Waals surface area (Å²) >= 11 is 0. The number of rotatable bonds is 3. The van der Waals surface area contributed by atoms with Crippen molar-refractivity contribution in [2.45, 2.75) is 40.2 Å². The van der Waals surface area contributed by atoms with Crippen LogP contribution < -0.4 is 11.1 Å². The van der Waals surface area contributed by atoms with Crippen LogP contribution in [0.15, 0.2) is 0 Å². The number of nitrogens with zero attached hydrogens (tertiary/aromatic N) is 1. The van der Waals surface area contributed by atoms with Gasteiger partial charge in [0, 0.05) is 19.6 Å². The van der Waals surface area contributed by atoms with E-state index in [0.717, 1.165) is 6.42 Å². The van der Waals surface area contributed by atoms with E-state index < -0.39 is 0 Å². The van der Waals surface area contributed by atoms with Gasteiger partial charge in [-0.05, 0) is 18.8 Å². The minimum absolute atomic E-state index is 0.00905. The molecule has 0 aliphatic carbocycles. The predicted molar refractivity (Wildman–Crippen MR) is 70.8 cm³/mol. The van der Waals surface area contributed by atoms with Gasteiger partial charge < -0.3 is 16.0 Å². The molecule has 5 nitrogen and oxygen atoms in total. The largest absolute Gasteiger partial charge is 0.353 e. The summed E-state index contributed by atoms with van der Waals surface area (Å²) in [5.74, 6) is -0.269. The molecule has 2 unspecified atom stereocenters. The Morgan fingerprint density at radius 3 is 2.67 bits per heavy atom. The summed E-state index contributed by atoms with van der Waals surface area (Å²) < 4.78 is 0. The fraction of sp³-hybridized carbons (Fsp3) is 0.846. The van der Waals surface area contributed by atoms with Crippen LogP contribution in [-0.2, 0) is 9.59 Å². The molecule has 2 amide bonds. The molecule has 5 heteroatoms. The zero-order valence-corrected chi connectivity index (χ0v) is 11.8. The van der Waals surface area contributed by atoms with Crippen LogP contribution in [-0.4, -0.2) is 42.4 Å². The van der Waals surface area contributed by atoms with E-state index in [9.17, 15) is 9.59 Å². The molecular weight excluding hydrogens is 230 g/mol. The molecule has 0 radical (unpaired) electrons. The monoisotopic (exact) mass is 255 g/mol. The molecule has 18 heavy (non-hydrogen) atoms. The number of nitrogens with two attached hydrogens (primary N) is 1. The van der Waals surface area contributed by atoms with Crippen LogP contribution in [0.4, 0.5) is 0 Å². The van der Waals surface area contributed by atoms with Crippen molar-refractivity contribution in [3.05, 3.63) is 0 Å². The van der Waals surface area contributed by atoms with Crippen molar-refractivity contribution in [2.24, 2.45) is 17.1 Å². The third kappa shape index (κ3) is 3.70. The van der Waals surface area contributed by atoms with Gasteiger partial charge >= 0.3 is 0 Å². The molecule has 1 saturated heterocycles. The van der Waals surface area contributed by atoms with E-state index >= 15 is 0 Å². The number of carbonyl (C=O) groups excluding carboxylic acids is 2. The van der Waals surface area contributed by atoms with Crippen molar-refractivity contribution in [2.75, 3.05) is 19.6 Å². The molecule has 1 heterocycles. The van der Waals surface area contributed by atoms with Crippen LogP contribution in [0, 0.1) is 11.3 Å². The van der Waals surface area contributed by atoms with E-state index in [0.29, 0.717) is 19.6 Å². The van der Waals surface area contributed by atoms with Gasteiger partial charge in [-0.3, -0.25) is 9.59 Å². The second kappa shape index (κ2) is 5.69. The molecule has 3 N–H and O–H groups in total. The van der Waals surface area contributed by atoms with E-state index in [4.69, 9.17) is 5.73 Å². The van der Waals surface area contributed by atoms with Crippen molar-refractivity contribution in [3.63, 3.8) is 0 Å². The first-order chi connectivity index (χ1) is 8.26. The minimum Gasteiger partial charge on any atom is -0.353 e. The smallest absolute Gasteiger partial charge is 0.242 e. The molecule has 0 aromatic heterocycles. The first kappa shape index (κ1) is 15.0. The van der Waals surface area contributed by atoms with Gasteiger partial charge in [-0.2, -0.15) is 0 Å². The summed E-state index contributed by atoms with van der Waals surface area (Å²) in [6, 6.07) is -0.389. The maximum atomic E-state index is 12.4. The molecule has 0 aromatic carbocycles. The number of amides is 2. The highest BCUT2D eigenvalue weighted by atomic mass is 16.2. The van der Waals surface area contributed by atoms with Crippen molar-refractivity contribution in [1.29, 1.82) is 0 Å². The quantitative estimate of drug-likeness (QED) is 0.764. The normalized spacial score (nSPS) is 22.6. The Hall–Kier alpha value is -1.10. The number of nitrogens with one attached hydrogen (secondary N) is 1. The van der Waals surface area contributed by atoms with Gasteiger partial charge in [-0.25, -0.2) is 0 Å². The SMILES string of the molecule is CC1C(=O)NCCN1C(=O)C(CN)CC(C)(C)C. The lowest BCUT2D eigenvalue weighted by Crippen LogP contribution is -2.57. The van der Waals surface area contributed by atoms with Crippen LogP contribution in [0.5, 0.6) is 0 Å². The van der Waals surface area contributed by atoms with Crippen molar-refractivity contribution in [3.8, 4) is 0 Å². The molecule has 1 fully saturated rings. The third-order valence-corrected chi connectivity index (χ3v) is 3.27. The first-order valence-corrected chi connectivity index (χ1v) is 6.54. The van der Waals surface area contributed by atoms with Crippen molar-refractivity contribution < 1.29 is 9.59 Å². The lowest BCUT2D eigenvalue weighted by molar-refractivity contribution is -0.146. The number of carbonyl (C=O) groups is 2. The van der Waals surface area contributed by atoms with Crippen molar-refractivity contribution >= 4 is 11.8 Å². The lowest BCUT2D eigenvalue weighted by Gasteiger charge is -2.36. The summed E-state index contributed by atoms with van der Waals surface area (Å²) in [7, 11) is 0. The van der Waals surface area contributed by atoms with Gasteiger partial charge in [0.1, 0.15) is 6.04 Å². The van der Waals surface area contributed by atoms with Crippen LogP contribution in [0.25, 0.3) is 0 Å². The molecule has 0 saturated carbocycles. The third-order valence-electron chi connectivity index (χ3n) is 3.27. The average molecular weight is 255 g/mol. The molecule has 104 valence electrons. The topological polar surface area (TPSA) is 75.4 Å². The summed E-state index contributed by atoms with van der Waals surface area (Å²) in [4.78, 5) is 25.7. The Morgan fingerprint density at radius 2 is 2.17 bits per heavy atom. The highest BCUT2D eigenvalue weighted by Crippen LogP contribution is 2.25. The van der Waals surface area contributed by atoms with Crippen LogP contribution in [0.1, 0.15) is 34.1 Å². The molecule has 0 spiro atoms. The number of hydrogen-bond donors (Lipinski definition) is 2. The van der Waals surface area contributed by atoms with E-state index in [2.05, 4.69) is 26.1 Å². The van der Waals surface area contributed by atoms with Gasteiger partial charge in [0.2, 0.25) is 11.8 Å². The maximum Gasteiger partial charge on any atom is 0.242 e. The van der Waals surface area contributed by atoms with Gasteiger partial charge in [0.15, 0.2) is 0 Å². The van der Waals surface area contributed by atoms with E-state index in [1.54, 1.807) is 11.8 Å². The molecule has 0 bridgehead atoms. The predicted octanol–water partition coefficient (Wildman–Crippen LogP) is 0.344. The minimum atomic E-state index is -0.389. The molecule has 1 rings (SSSR count). The van der Waals surface area contributed by atoms with Crippen LogP contribution in [0.2, 0.25) is 0 Å². The molecule has 0 aromatic rings. The summed E-state index contributed by atoms with van der Waals surface area (Å²) in [5.41, 5.74) is 5.78. The second-order valence-corrected chi connectivity index (χ2v) is 6.20. The molecule has 2 atom stereocenters. The van der Waals surface area contributed by atoms with Gasteiger partial charge in [0.05, 0.1) is 5.92 Å². The Morgan fingerprint density at radius 1 is 1.56 bits per heavy atom. The zero-order valence-electron chi connectivity index (χ0n) is 11.8. The summed E-state index contributed by atoms with van der Waals surface area (Å²) in [6.45, 7) is 9.48. The first-order valence-electron chi connectivity index (χ1n) is 6.54. The van der Waals surface area contributed by atoms with Crippen LogP contribution in [0.3, 0.4) is 0 Å². The van der Waals surface area contributed by atoms with Gasteiger partial charge in [0.25, 0.3) is 0 Å². The fourth-order valence-corrected chi connectivity index (χ4v) is 2.33. The Balaban J connectivity index is 2.74. The molecular formula is C13H25N3O2. The number of hydrogen-bond acceptors (Lipinski definition) is 3. The van der Waals surface area contributed by atoms with Gasteiger partial charge in [-0.15, -0.1) is 0 Å². The molecule has 1 aliphatic heterocycles. The standard InChI is InChI=1S/C13H25N3O2/c1-9-11(17)15-5-6-16(9)12(18)10(8-14)7-13(2,3)4/h9-10H,5-8,14H2,1-4H3,(H,15,17). The second-order valence-electron chi connectivity index (χ2n) is 6.20. The van der Waals surface area contributed by atoms with E-state index in [1.165, 1.54) is 0 Å². The highest BCUT2D eigenvalue weighted by molar-refractivity contribution is 5.89. The Labute approximate surface area is 109 Å². The summed E-state index contributed by atoms with van der Waals surface area (Å²) in [6.07, 6.45) is 0.743. The fourth-order valence-electron chi connectivity index (χ4n) is 2.33. The van der Waals surface area contributed by atoms with E-state index in [-0.39, 0.29) is 29.2 Å². The lowest BCUT2D eigenvalue weighted by atomic mass is 9.84. The van der Waals surface area contributed by atoms with Gasteiger partial charge in [-0.1, -0.05) is 20.8 Å². The maximum absolute atomic E-state index is 12.4. The molecule has 1 aliphatic rings. The summed E-state index contributed by atoms with van der Waals surface area (Å²) in [5, 5.41) is 2.76. The Bertz CT molecular complexity index is 323.